The molecular weight excluding hydrogens is 214 g/mol. The average molecular weight is 227 g/mol. The van der Waals surface area contributed by atoms with Gasteiger partial charge in [0.2, 0.25) is 0 Å². The van der Waals surface area contributed by atoms with Crippen LogP contribution >= 0.6 is 23.1 Å². The van der Waals surface area contributed by atoms with E-state index in [1.165, 1.54) is 6.42 Å². The fourth-order valence-electron chi connectivity index (χ4n) is 1.58. The predicted octanol–water partition coefficient (Wildman–Crippen LogP) is 3.06. The summed E-state index contributed by atoms with van der Waals surface area (Å²) < 4.78 is 1.04. The average Bonchev–Trinajstić information content (AvgIpc) is 2.56. The summed E-state index contributed by atoms with van der Waals surface area (Å²) >= 11 is 3.30. The van der Waals surface area contributed by atoms with Gasteiger partial charge in [-0.2, -0.15) is 0 Å². The molecule has 0 spiro atoms. The van der Waals surface area contributed by atoms with E-state index in [0.29, 0.717) is 5.78 Å². The van der Waals surface area contributed by atoms with Crippen molar-refractivity contribution in [2.24, 2.45) is 0 Å². The predicted molar refractivity (Wildman–Crippen MR) is 60.0 cm³/mol. The Morgan fingerprint density at radius 1 is 1.57 bits per heavy atom. The van der Waals surface area contributed by atoms with Crippen LogP contribution in [-0.2, 0) is 4.79 Å². The maximum absolute atomic E-state index is 11.6. The standard InChI is InChI=1S/C10H13NOS2/c1-7-6-13-10(11-7)14-9-5-3-2-4-8(9)12/h6,9H,2-5H2,1H3. The summed E-state index contributed by atoms with van der Waals surface area (Å²) in [5, 5.41) is 2.21. The third-order valence-electron chi connectivity index (χ3n) is 2.34. The summed E-state index contributed by atoms with van der Waals surface area (Å²) in [6.07, 6.45) is 4.06. The Kier molecular flexibility index (Phi) is 3.23. The summed E-state index contributed by atoms with van der Waals surface area (Å²) in [7, 11) is 0. The molecule has 1 saturated carbocycles. The minimum atomic E-state index is 0.175. The molecule has 0 N–H and O–H groups in total. The summed E-state index contributed by atoms with van der Waals surface area (Å²) in [5.41, 5.74) is 1.06. The van der Waals surface area contributed by atoms with Crippen molar-refractivity contribution in [3.63, 3.8) is 0 Å². The van der Waals surface area contributed by atoms with Crippen LogP contribution < -0.4 is 0 Å². The number of hydrogen-bond donors (Lipinski definition) is 0. The first-order valence-electron chi connectivity index (χ1n) is 4.87. The van der Waals surface area contributed by atoms with E-state index in [9.17, 15) is 4.79 Å². The minimum absolute atomic E-state index is 0.175. The maximum atomic E-state index is 11.6. The Morgan fingerprint density at radius 3 is 3.07 bits per heavy atom. The van der Waals surface area contributed by atoms with Crippen LogP contribution in [0.5, 0.6) is 0 Å². The third-order valence-corrected chi connectivity index (χ3v) is 4.74. The summed E-state index contributed by atoms with van der Waals surface area (Å²) in [4.78, 5) is 15.9. The van der Waals surface area contributed by atoms with Gasteiger partial charge in [-0.25, -0.2) is 4.98 Å². The summed E-state index contributed by atoms with van der Waals surface area (Å²) in [6, 6.07) is 0. The number of aryl methyl sites for hydroxylation is 1. The van der Waals surface area contributed by atoms with Gasteiger partial charge in [-0.05, 0) is 19.8 Å². The van der Waals surface area contributed by atoms with Gasteiger partial charge in [-0.15, -0.1) is 11.3 Å². The molecule has 0 amide bonds. The zero-order valence-electron chi connectivity index (χ0n) is 8.16. The van der Waals surface area contributed by atoms with Crippen LogP contribution in [0.15, 0.2) is 9.72 Å². The minimum Gasteiger partial charge on any atom is -0.298 e. The molecule has 0 aliphatic heterocycles. The highest BCUT2D eigenvalue weighted by Crippen LogP contribution is 2.33. The van der Waals surface area contributed by atoms with Crippen molar-refractivity contribution < 1.29 is 4.79 Å². The van der Waals surface area contributed by atoms with Crippen molar-refractivity contribution >= 4 is 28.9 Å². The molecule has 76 valence electrons. The number of rotatable bonds is 2. The smallest absolute Gasteiger partial charge is 0.150 e. The molecule has 4 heteroatoms. The van der Waals surface area contributed by atoms with Crippen LogP contribution in [0, 0.1) is 6.92 Å². The first-order valence-corrected chi connectivity index (χ1v) is 6.63. The second-order valence-corrected chi connectivity index (χ2v) is 5.88. The first kappa shape index (κ1) is 10.2. The number of nitrogens with zero attached hydrogens (tertiary/aromatic N) is 1. The molecule has 1 aliphatic rings. The van der Waals surface area contributed by atoms with Gasteiger partial charge in [0.05, 0.1) is 5.25 Å². The Bertz CT molecular complexity index is 335. The largest absolute Gasteiger partial charge is 0.298 e. The number of thiazole rings is 1. The van der Waals surface area contributed by atoms with E-state index in [1.807, 2.05) is 12.3 Å². The highest BCUT2D eigenvalue weighted by atomic mass is 32.2. The molecule has 0 radical (unpaired) electrons. The van der Waals surface area contributed by atoms with Crippen LogP contribution in [0.2, 0.25) is 0 Å². The Labute approximate surface area is 92.1 Å². The summed E-state index contributed by atoms with van der Waals surface area (Å²) in [6.45, 7) is 1.99. The fourth-order valence-corrected chi connectivity index (χ4v) is 3.79. The number of carbonyl (C=O) groups is 1. The number of hydrogen-bond acceptors (Lipinski definition) is 4. The van der Waals surface area contributed by atoms with Crippen LogP contribution in [-0.4, -0.2) is 16.0 Å². The van der Waals surface area contributed by atoms with Gasteiger partial charge in [0.1, 0.15) is 5.78 Å². The molecule has 1 atom stereocenters. The SMILES string of the molecule is Cc1csc(SC2CCCCC2=O)n1. The van der Waals surface area contributed by atoms with E-state index in [0.717, 1.165) is 29.3 Å². The normalized spacial score (nSPS) is 22.6. The number of aromatic nitrogens is 1. The molecular formula is C10H13NOS2. The van der Waals surface area contributed by atoms with Crippen LogP contribution in [0.4, 0.5) is 0 Å². The highest BCUT2D eigenvalue weighted by Gasteiger charge is 2.23. The molecule has 2 nitrogen and oxygen atoms in total. The number of thioether (sulfide) groups is 1. The second-order valence-electron chi connectivity index (χ2n) is 3.57. The Hall–Kier alpha value is -0.350. The molecule has 0 saturated heterocycles. The number of carbonyl (C=O) groups excluding carboxylic acids is 1. The Morgan fingerprint density at radius 2 is 2.43 bits per heavy atom. The molecule has 14 heavy (non-hydrogen) atoms. The molecule has 0 aromatic carbocycles. The summed E-state index contributed by atoms with van der Waals surface area (Å²) in [5.74, 6) is 0.411. The van der Waals surface area contributed by atoms with Gasteiger partial charge in [0.25, 0.3) is 0 Å². The number of ketones is 1. The van der Waals surface area contributed by atoms with Crippen molar-refractivity contribution in [2.75, 3.05) is 0 Å². The van der Waals surface area contributed by atoms with Crippen molar-refractivity contribution in [1.29, 1.82) is 0 Å². The Balaban J connectivity index is 1.99. The van der Waals surface area contributed by atoms with Gasteiger partial charge >= 0.3 is 0 Å². The lowest BCUT2D eigenvalue weighted by molar-refractivity contribution is -0.119. The van der Waals surface area contributed by atoms with Crippen LogP contribution in [0.25, 0.3) is 0 Å². The molecule has 1 heterocycles. The van der Waals surface area contributed by atoms with Crippen molar-refractivity contribution in [3.8, 4) is 0 Å². The zero-order chi connectivity index (χ0) is 9.97. The third kappa shape index (κ3) is 2.36. The van der Waals surface area contributed by atoms with Crippen molar-refractivity contribution in [1.82, 2.24) is 4.98 Å². The monoisotopic (exact) mass is 227 g/mol. The lowest BCUT2D eigenvalue weighted by atomic mass is 9.99. The van der Waals surface area contributed by atoms with Gasteiger partial charge in [-0.1, -0.05) is 18.2 Å². The zero-order valence-corrected chi connectivity index (χ0v) is 9.79. The number of Topliss-reactive ketones (excluding diaryl/α,β-unsaturated/α-hetero) is 1. The van der Waals surface area contributed by atoms with E-state index < -0.39 is 0 Å². The molecule has 1 aromatic heterocycles. The second kappa shape index (κ2) is 4.45. The van der Waals surface area contributed by atoms with E-state index in [1.54, 1.807) is 23.1 Å². The molecule has 1 fully saturated rings. The topological polar surface area (TPSA) is 30.0 Å². The molecule has 2 rings (SSSR count). The van der Waals surface area contributed by atoms with Crippen molar-refractivity contribution in [3.05, 3.63) is 11.1 Å². The van der Waals surface area contributed by atoms with Crippen molar-refractivity contribution in [2.45, 2.75) is 42.2 Å². The van der Waals surface area contributed by atoms with E-state index in [4.69, 9.17) is 0 Å². The fraction of sp³-hybridized carbons (Fsp3) is 0.600. The van der Waals surface area contributed by atoms with Gasteiger partial charge < -0.3 is 0 Å². The first-order chi connectivity index (χ1) is 6.75. The highest BCUT2D eigenvalue weighted by molar-refractivity contribution is 8.02. The van der Waals surface area contributed by atoms with Gasteiger partial charge in [-0.3, -0.25) is 4.79 Å². The van der Waals surface area contributed by atoms with Crippen LogP contribution in [0.3, 0.4) is 0 Å². The molecule has 0 bridgehead atoms. The quantitative estimate of drug-likeness (QED) is 0.778. The van der Waals surface area contributed by atoms with E-state index in [-0.39, 0.29) is 5.25 Å². The lowest BCUT2D eigenvalue weighted by Gasteiger charge is -2.18. The molecule has 1 unspecified atom stereocenters. The maximum Gasteiger partial charge on any atom is 0.150 e. The van der Waals surface area contributed by atoms with Gasteiger partial charge in [0, 0.05) is 17.5 Å². The lowest BCUT2D eigenvalue weighted by Crippen LogP contribution is -2.21. The van der Waals surface area contributed by atoms with E-state index >= 15 is 0 Å². The van der Waals surface area contributed by atoms with Crippen LogP contribution in [0.1, 0.15) is 31.4 Å². The molecule has 1 aliphatic carbocycles. The van der Waals surface area contributed by atoms with E-state index in [2.05, 4.69) is 4.98 Å². The molecule has 1 aromatic rings. The van der Waals surface area contributed by atoms with Gasteiger partial charge in [0.15, 0.2) is 4.34 Å².